The summed E-state index contributed by atoms with van der Waals surface area (Å²) in [6, 6.07) is 2.66. The van der Waals surface area contributed by atoms with Crippen LogP contribution in [0.5, 0.6) is 0 Å². The number of H-pyrrole nitrogens is 1. The lowest BCUT2D eigenvalue weighted by atomic mass is 10.1. The van der Waals surface area contributed by atoms with Crippen molar-refractivity contribution >= 4 is 44.5 Å². The second-order valence-corrected chi connectivity index (χ2v) is 5.45. The lowest BCUT2D eigenvalue weighted by Gasteiger charge is -2.05. The molecule has 5 nitrogen and oxygen atoms in total. The molecule has 0 unspecified atom stereocenters. The van der Waals surface area contributed by atoms with Gasteiger partial charge in [0.15, 0.2) is 5.69 Å². The molecule has 2 rings (SSSR count). The topological polar surface area (TPSA) is 67.9 Å². The Morgan fingerprint density at radius 2 is 2.26 bits per heavy atom. The molecular formula is C11H8BrFIN3O2. The third-order valence-corrected chi connectivity index (χ3v) is 4.71. The van der Waals surface area contributed by atoms with Crippen LogP contribution < -0.4 is 0 Å². The van der Waals surface area contributed by atoms with Gasteiger partial charge in [-0.2, -0.15) is 10.3 Å². The van der Waals surface area contributed by atoms with Gasteiger partial charge in [-0.3, -0.25) is 0 Å². The Morgan fingerprint density at radius 3 is 2.95 bits per heavy atom. The highest BCUT2D eigenvalue weighted by molar-refractivity contribution is 14.1. The highest BCUT2D eigenvalue weighted by Crippen LogP contribution is 2.33. The van der Waals surface area contributed by atoms with Crippen molar-refractivity contribution < 1.29 is 13.9 Å². The monoisotopic (exact) mass is 439 g/mol. The number of halogens is 3. The fourth-order valence-electron chi connectivity index (χ4n) is 1.49. The van der Waals surface area contributed by atoms with Crippen molar-refractivity contribution in [3.8, 4) is 11.3 Å². The maximum atomic E-state index is 13.5. The number of nitrogens with one attached hydrogen (secondary N) is 1. The van der Waals surface area contributed by atoms with Crippen LogP contribution in [0.15, 0.2) is 16.6 Å². The minimum Gasteiger partial charge on any atom is -0.461 e. The van der Waals surface area contributed by atoms with E-state index in [0.717, 1.165) is 0 Å². The SMILES string of the molecule is CCOC(=O)c1n[nH]nc1-c1cc(F)cc(I)c1Br. The third-order valence-electron chi connectivity index (χ3n) is 2.26. The van der Waals surface area contributed by atoms with Crippen LogP contribution in [-0.4, -0.2) is 28.0 Å². The molecule has 19 heavy (non-hydrogen) atoms. The highest BCUT2D eigenvalue weighted by Gasteiger charge is 2.22. The molecule has 100 valence electrons. The molecule has 0 saturated carbocycles. The van der Waals surface area contributed by atoms with Gasteiger partial charge in [-0.25, -0.2) is 9.18 Å². The molecule has 0 spiro atoms. The first-order valence-corrected chi connectivity index (χ1v) is 7.14. The van der Waals surface area contributed by atoms with Gasteiger partial charge >= 0.3 is 5.97 Å². The van der Waals surface area contributed by atoms with Crippen LogP contribution in [0.4, 0.5) is 4.39 Å². The van der Waals surface area contributed by atoms with Crippen LogP contribution in [0.1, 0.15) is 17.4 Å². The summed E-state index contributed by atoms with van der Waals surface area (Å²) >= 11 is 5.33. The molecule has 2 aromatic rings. The van der Waals surface area contributed by atoms with E-state index in [1.54, 1.807) is 6.92 Å². The molecule has 0 radical (unpaired) electrons. The molecule has 0 amide bonds. The predicted molar refractivity (Wildman–Crippen MR) is 78.2 cm³/mol. The Hall–Kier alpha value is -1.03. The molecule has 1 heterocycles. The summed E-state index contributed by atoms with van der Waals surface area (Å²) in [7, 11) is 0. The van der Waals surface area contributed by atoms with Gasteiger partial charge in [0.2, 0.25) is 0 Å². The summed E-state index contributed by atoms with van der Waals surface area (Å²) in [5, 5.41) is 10.0. The van der Waals surface area contributed by atoms with Crippen molar-refractivity contribution in [2.45, 2.75) is 6.92 Å². The van der Waals surface area contributed by atoms with E-state index in [1.165, 1.54) is 12.1 Å². The molecule has 0 aliphatic carbocycles. The lowest BCUT2D eigenvalue weighted by Crippen LogP contribution is -2.07. The fourth-order valence-corrected chi connectivity index (χ4v) is 2.49. The number of aromatic nitrogens is 3. The van der Waals surface area contributed by atoms with Crippen molar-refractivity contribution in [3.63, 3.8) is 0 Å². The zero-order valence-corrected chi connectivity index (χ0v) is 13.5. The molecular weight excluding hydrogens is 432 g/mol. The van der Waals surface area contributed by atoms with E-state index in [2.05, 4.69) is 31.3 Å². The number of carbonyl (C=O) groups is 1. The zero-order valence-electron chi connectivity index (χ0n) is 9.71. The Kier molecular flexibility index (Phi) is 4.50. The van der Waals surface area contributed by atoms with Crippen molar-refractivity contribution in [1.82, 2.24) is 15.4 Å². The molecule has 0 fully saturated rings. The predicted octanol–water partition coefficient (Wildman–Crippen LogP) is 3.15. The molecule has 0 aliphatic rings. The quantitative estimate of drug-likeness (QED) is 0.453. The van der Waals surface area contributed by atoms with Crippen LogP contribution >= 0.6 is 38.5 Å². The first-order valence-electron chi connectivity index (χ1n) is 5.27. The normalized spacial score (nSPS) is 10.5. The van der Waals surface area contributed by atoms with Crippen molar-refractivity contribution in [1.29, 1.82) is 0 Å². The average Bonchev–Trinajstić information content (AvgIpc) is 2.83. The molecule has 0 saturated heterocycles. The Bertz CT molecular complexity index is 632. The molecule has 1 aromatic heterocycles. The van der Waals surface area contributed by atoms with Gasteiger partial charge < -0.3 is 4.74 Å². The van der Waals surface area contributed by atoms with Crippen molar-refractivity contribution in [3.05, 3.63) is 31.7 Å². The number of ether oxygens (including phenoxy) is 1. The minimum atomic E-state index is -0.600. The number of hydrogen-bond acceptors (Lipinski definition) is 4. The van der Waals surface area contributed by atoms with E-state index < -0.39 is 11.8 Å². The second-order valence-electron chi connectivity index (χ2n) is 3.49. The lowest BCUT2D eigenvalue weighted by molar-refractivity contribution is 0.0520. The Balaban J connectivity index is 2.54. The minimum absolute atomic E-state index is 0.0314. The van der Waals surface area contributed by atoms with Gasteiger partial charge in [0.05, 0.1) is 6.61 Å². The smallest absolute Gasteiger partial charge is 0.361 e. The molecule has 0 atom stereocenters. The second kappa shape index (κ2) is 5.95. The van der Waals surface area contributed by atoms with Gasteiger partial charge in [0.25, 0.3) is 0 Å². The van der Waals surface area contributed by atoms with Gasteiger partial charge in [-0.05, 0) is 57.6 Å². The molecule has 0 bridgehead atoms. The summed E-state index contributed by atoms with van der Waals surface area (Å²) in [5.74, 6) is -1.02. The van der Waals surface area contributed by atoms with E-state index in [9.17, 15) is 9.18 Å². The Morgan fingerprint density at radius 1 is 1.53 bits per heavy atom. The van der Waals surface area contributed by atoms with Crippen molar-refractivity contribution in [2.24, 2.45) is 0 Å². The van der Waals surface area contributed by atoms with E-state index >= 15 is 0 Å². The van der Waals surface area contributed by atoms with Crippen molar-refractivity contribution in [2.75, 3.05) is 6.61 Å². The number of esters is 1. The van der Waals surface area contributed by atoms with Crippen LogP contribution in [-0.2, 0) is 4.74 Å². The summed E-state index contributed by atoms with van der Waals surface area (Å²) in [6.45, 7) is 1.92. The Labute approximate surface area is 130 Å². The number of benzene rings is 1. The van der Waals surface area contributed by atoms with Crippen LogP contribution in [0.3, 0.4) is 0 Å². The zero-order chi connectivity index (χ0) is 14.0. The summed E-state index contributed by atoms with van der Waals surface area (Å²) in [6.07, 6.45) is 0. The van der Waals surface area contributed by atoms with Gasteiger partial charge in [-0.1, -0.05) is 0 Å². The number of nitrogens with zero attached hydrogens (tertiary/aromatic N) is 2. The largest absolute Gasteiger partial charge is 0.461 e. The molecule has 1 N–H and O–H groups in total. The third kappa shape index (κ3) is 2.94. The standard InChI is InChI=1S/C11H8BrFIN3O2/c1-2-19-11(18)10-9(15-17-16-10)6-3-5(13)4-7(14)8(6)12/h3-4H,2H2,1H3,(H,15,16,17). The maximum absolute atomic E-state index is 13.5. The average molecular weight is 440 g/mol. The van der Waals surface area contributed by atoms with Gasteiger partial charge in [0, 0.05) is 13.6 Å². The highest BCUT2D eigenvalue weighted by atomic mass is 127. The number of aromatic amines is 1. The number of rotatable bonds is 3. The van der Waals surface area contributed by atoms with Crippen LogP contribution in [0, 0.1) is 9.39 Å². The van der Waals surface area contributed by atoms with Crippen LogP contribution in [0.2, 0.25) is 0 Å². The maximum Gasteiger partial charge on any atom is 0.361 e. The number of hydrogen-bond donors (Lipinski definition) is 1. The van der Waals surface area contributed by atoms with E-state index in [0.29, 0.717) is 13.6 Å². The first-order chi connectivity index (χ1) is 9.04. The number of carbonyl (C=O) groups excluding carboxylic acids is 1. The van der Waals surface area contributed by atoms with E-state index in [1.807, 2.05) is 22.6 Å². The molecule has 8 heteroatoms. The van der Waals surface area contributed by atoms with E-state index in [-0.39, 0.29) is 18.0 Å². The molecule has 0 aliphatic heterocycles. The van der Waals surface area contributed by atoms with Gasteiger partial charge in [0.1, 0.15) is 11.5 Å². The first kappa shape index (κ1) is 14.4. The molecule has 1 aromatic carbocycles. The summed E-state index contributed by atoms with van der Waals surface area (Å²) < 4.78 is 19.7. The van der Waals surface area contributed by atoms with E-state index in [4.69, 9.17) is 4.74 Å². The summed E-state index contributed by atoms with van der Waals surface area (Å²) in [5.41, 5.74) is 0.730. The van der Waals surface area contributed by atoms with Crippen LogP contribution in [0.25, 0.3) is 11.3 Å². The fraction of sp³-hybridized carbons (Fsp3) is 0.182. The van der Waals surface area contributed by atoms with Gasteiger partial charge in [-0.15, -0.1) is 5.10 Å². The summed E-state index contributed by atoms with van der Waals surface area (Å²) in [4.78, 5) is 11.7.